The Hall–Kier alpha value is -0.650. The summed E-state index contributed by atoms with van der Waals surface area (Å²) in [5, 5.41) is 27.1. The maximum Gasteiger partial charge on any atom is 0.307 e. The molecule has 0 aromatic heterocycles. The third-order valence-electron chi connectivity index (χ3n) is 2.86. The zero-order valence-corrected chi connectivity index (χ0v) is 8.26. The highest BCUT2D eigenvalue weighted by Gasteiger charge is 2.39. The summed E-state index contributed by atoms with van der Waals surface area (Å²) in [6.45, 7) is 0.865. The van der Waals surface area contributed by atoms with Crippen molar-refractivity contribution in [1.82, 2.24) is 4.90 Å². The number of piperidine rings is 1. The number of nitrogens with zero attached hydrogens (tertiary/aromatic N) is 1. The van der Waals surface area contributed by atoms with Crippen LogP contribution in [0.3, 0.4) is 0 Å². The van der Waals surface area contributed by atoms with Gasteiger partial charge in [0.1, 0.15) is 0 Å². The minimum absolute atomic E-state index is 0.141. The quantitative estimate of drug-likeness (QED) is 0.539. The molecule has 82 valence electrons. The first-order valence-electron chi connectivity index (χ1n) is 4.73. The first-order chi connectivity index (χ1) is 6.60. The molecule has 1 fully saturated rings. The van der Waals surface area contributed by atoms with E-state index in [1.165, 1.54) is 0 Å². The molecule has 2 unspecified atom stereocenters. The van der Waals surface area contributed by atoms with Gasteiger partial charge in [0.2, 0.25) is 0 Å². The van der Waals surface area contributed by atoms with E-state index >= 15 is 0 Å². The Kier molecular flexibility index (Phi) is 3.86. The molecule has 1 aliphatic heterocycles. The summed E-state index contributed by atoms with van der Waals surface area (Å²) >= 11 is 0. The smallest absolute Gasteiger partial charge is 0.307 e. The molecule has 1 saturated heterocycles. The number of carbonyl (C=O) groups is 1. The maximum absolute atomic E-state index is 11.0. The largest absolute Gasteiger partial charge is 0.481 e. The number of hydrogen-bond donors (Lipinski definition) is 3. The van der Waals surface area contributed by atoms with E-state index in [4.69, 9.17) is 15.3 Å². The Labute approximate surface area is 83.0 Å². The number of carboxylic acids is 1. The van der Waals surface area contributed by atoms with E-state index < -0.39 is 11.9 Å². The van der Waals surface area contributed by atoms with Crippen molar-refractivity contribution in [2.75, 3.05) is 33.4 Å². The Bertz CT molecular complexity index is 195. The highest BCUT2D eigenvalue weighted by Crippen LogP contribution is 2.27. The third-order valence-corrected chi connectivity index (χ3v) is 2.86. The summed E-state index contributed by atoms with van der Waals surface area (Å²) in [7, 11) is 1.86. The van der Waals surface area contributed by atoms with Crippen LogP contribution in [0, 0.1) is 17.8 Å². The SMILES string of the molecule is CN1CC(CO)C(C(=O)O)C(CO)C1. The molecule has 0 bridgehead atoms. The molecule has 0 radical (unpaired) electrons. The van der Waals surface area contributed by atoms with Gasteiger partial charge in [-0.2, -0.15) is 0 Å². The highest BCUT2D eigenvalue weighted by molar-refractivity contribution is 5.71. The van der Waals surface area contributed by atoms with Gasteiger partial charge in [0.25, 0.3) is 0 Å². The molecule has 1 aliphatic rings. The summed E-state index contributed by atoms with van der Waals surface area (Å²) in [6, 6.07) is 0. The summed E-state index contributed by atoms with van der Waals surface area (Å²) in [4.78, 5) is 12.9. The molecular weight excluding hydrogens is 186 g/mol. The Morgan fingerprint density at radius 3 is 2.00 bits per heavy atom. The van der Waals surface area contributed by atoms with Gasteiger partial charge in [0.05, 0.1) is 5.92 Å². The molecule has 1 rings (SSSR count). The lowest BCUT2D eigenvalue weighted by molar-refractivity contribution is -0.151. The van der Waals surface area contributed by atoms with Crippen LogP contribution in [0.5, 0.6) is 0 Å². The van der Waals surface area contributed by atoms with Crippen molar-refractivity contribution in [1.29, 1.82) is 0 Å². The van der Waals surface area contributed by atoms with Gasteiger partial charge in [-0.25, -0.2) is 0 Å². The van der Waals surface area contributed by atoms with E-state index in [-0.39, 0.29) is 25.0 Å². The van der Waals surface area contributed by atoms with Crippen LogP contribution >= 0.6 is 0 Å². The molecule has 0 aromatic carbocycles. The third kappa shape index (κ3) is 2.23. The number of likely N-dealkylation sites (tertiary alicyclic amines) is 1. The number of aliphatic hydroxyl groups excluding tert-OH is 2. The summed E-state index contributed by atoms with van der Waals surface area (Å²) < 4.78 is 0. The van der Waals surface area contributed by atoms with E-state index in [0.717, 1.165) is 0 Å². The topological polar surface area (TPSA) is 81.0 Å². The van der Waals surface area contributed by atoms with Crippen LogP contribution in [-0.4, -0.2) is 59.5 Å². The second-order valence-electron chi connectivity index (χ2n) is 3.97. The van der Waals surface area contributed by atoms with E-state index in [1.807, 2.05) is 11.9 Å². The first kappa shape index (κ1) is 11.4. The second kappa shape index (κ2) is 4.72. The predicted octanol–water partition coefficient (Wildman–Crippen LogP) is -1.15. The van der Waals surface area contributed by atoms with Crippen LogP contribution in [-0.2, 0) is 4.79 Å². The first-order valence-corrected chi connectivity index (χ1v) is 4.73. The lowest BCUT2D eigenvalue weighted by atomic mass is 9.78. The van der Waals surface area contributed by atoms with Crippen LogP contribution in [0.4, 0.5) is 0 Å². The van der Waals surface area contributed by atoms with Crippen LogP contribution in [0.25, 0.3) is 0 Å². The Balaban J connectivity index is 2.77. The lowest BCUT2D eigenvalue weighted by Crippen LogP contribution is -2.50. The molecule has 14 heavy (non-hydrogen) atoms. The molecule has 0 aromatic rings. The molecule has 0 aliphatic carbocycles. The molecule has 0 amide bonds. The fourth-order valence-corrected chi connectivity index (χ4v) is 2.23. The summed E-state index contributed by atoms with van der Waals surface area (Å²) in [5.41, 5.74) is 0. The van der Waals surface area contributed by atoms with Gasteiger partial charge in [-0.3, -0.25) is 4.79 Å². The van der Waals surface area contributed by atoms with Crippen molar-refractivity contribution < 1.29 is 20.1 Å². The monoisotopic (exact) mass is 203 g/mol. The fourth-order valence-electron chi connectivity index (χ4n) is 2.23. The molecule has 1 heterocycles. The van der Waals surface area contributed by atoms with Gasteiger partial charge in [0, 0.05) is 38.1 Å². The van der Waals surface area contributed by atoms with Gasteiger partial charge in [-0.1, -0.05) is 0 Å². The van der Waals surface area contributed by atoms with E-state index in [2.05, 4.69) is 0 Å². The molecule has 2 atom stereocenters. The number of carboxylic acid groups (broad SMARTS) is 1. The van der Waals surface area contributed by atoms with Crippen molar-refractivity contribution in [2.24, 2.45) is 17.8 Å². The van der Waals surface area contributed by atoms with Gasteiger partial charge in [-0.15, -0.1) is 0 Å². The number of aliphatic hydroxyl groups is 2. The molecular formula is C9H17NO4. The van der Waals surface area contributed by atoms with Gasteiger partial charge >= 0.3 is 5.97 Å². The van der Waals surface area contributed by atoms with Crippen molar-refractivity contribution in [3.05, 3.63) is 0 Å². The Morgan fingerprint density at radius 1 is 1.29 bits per heavy atom. The van der Waals surface area contributed by atoms with Crippen molar-refractivity contribution in [2.45, 2.75) is 0 Å². The van der Waals surface area contributed by atoms with Crippen molar-refractivity contribution in [3.63, 3.8) is 0 Å². The molecule has 5 nitrogen and oxygen atoms in total. The number of hydrogen-bond acceptors (Lipinski definition) is 4. The lowest BCUT2D eigenvalue weighted by Gasteiger charge is -2.38. The second-order valence-corrected chi connectivity index (χ2v) is 3.97. The molecule has 0 spiro atoms. The molecule has 0 saturated carbocycles. The summed E-state index contributed by atoms with van der Waals surface area (Å²) in [5.74, 6) is -2.09. The normalized spacial score (nSPS) is 34.4. The summed E-state index contributed by atoms with van der Waals surface area (Å²) in [6.07, 6.45) is 0. The highest BCUT2D eigenvalue weighted by atomic mass is 16.4. The van der Waals surface area contributed by atoms with Gasteiger partial charge in [0.15, 0.2) is 0 Å². The average molecular weight is 203 g/mol. The number of rotatable bonds is 3. The Morgan fingerprint density at radius 2 is 1.71 bits per heavy atom. The van der Waals surface area contributed by atoms with Crippen LogP contribution in [0.2, 0.25) is 0 Å². The van der Waals surface area contributed by atoms with Crippen molar-refractivity contribution >= 4 is 5.97 Å². The average Bonchev–Trinajstić information content (AvgIpc) is 2.15. The zero-order valence-electron chi connectivity index (χ0n) is 8.26. The van der Waals surface area contributed by atoms with E-state index in [0.29, 0.717) is 13.1 Å². The van der Waals surface area contributed by atoms with Crippen molar-refractivity contribution in [3.8, 4) is 0 Å². The van der Waals surface area contributed by atoms with Gasteiger partial charge < -0.3 is 20.2 Å². The van der Waals surface area contributed by atoms with E-state index in [9.17, 15) is 4.79 Å². The molecule has 3 N–H and O–H groups in total. The minimum Gasteiger partial charge on any atom is -0.481 e. The fraction of sp³-hybridized carbons (Fsp3) is 0.889. The maximum atomic E-state index is 11.0. The number of aliphatic carboxylic acids is 1. The van der Waals surface area contributed by atoms with Gasteiger partial charge in [-0.05, 0) is 7.05 Å². The minimum atomic E-state index is -0.920. The van der Waals surface area contributed by atoms with E-state index in [1.54, 1.807) is 0 Å². The standard InChI is InChI=1S/C9H17NO4/c1-10-2-6(4-11)8(9(13)14)7(3-10)5-12/h6-8,11-12H,2-5H2,1H3,(H,13,14). The van der Waals surface area contributed by atoms with Crippen LogP contribution in [0.1, 0.15) is 0 Å². The van der Waals surface area contributed by atoms with Crippen LogP contribution < -0.4 is 0 Å². The van der Waals surface area contributed by atoms with Crippen LogP contribution in [0.15, 0.2) is 0 Å². The zero-order chi connectivity index (χ0) is 10.7. The molecule has 5 heteroatoms. The predicted molar refractivity (Wildman–Crippen MR) is 49.8 cm³/mol.